The van der Waals surface area contributed by atoms with Gasteiger partial charge in [-0.05, 0) is 61.7 Å². The number of hydrogen-bond donors (Lipinski definition) is 1. The molecule has 3 fully saturated rings. The van der Waals surface area contributed by atoms with Crippen LogP contribution in [0.5, 0.6) is 6.01 Å². The molecule has 1 aromatic heterocycles. The maximum Gasteiger partial charge on any atom is 0.319 e. The molecule has 4 aromatic rings. The highest BCUT2D eigenvalue weighted by molar-refractivity contribution is 6.00. The lowest BCUT2D eigenvalue weighted by molar-refractivity contribution is 0.188. The average Bonchev–Trinajstić information content (AvgIpc) is 3.50. The van der Waals surface area contributed by atoms with Crippen molar-refractivity contribution in [3.63, 3.8) is 0 Å². The number of ether oxygens (including phenoxy) is 1. The van der Waals surface area contributed by atoms with Gasteiger partial charge in [0.2, 0.25) is 0 Å². The molecule has 7 rings (SSSR count). The first-order valence-corrected chi connectivity index (χ1v) is 13.5. The molecule has 190 valence electrons. The Balaban J connectivity index is 1.34. The molecule has 0 aliphatic carbocycles. The van der Waals surface area contributed by atoms with Crippen molar-refractivity contribution in [3.8, 4) is 17.1 Å². The molecule has 3 aliphatic heterocycles. The van der Waals surface area contributed by atoms with Crippen LogP contribution in [0, 0.1) is 5.82 Å². The van der Waals surface area contributed by atoms with Crippen LogP contribution in [-0.2, 0) is 0 Å². The second-order valence-corrected chi connectivity index (χ2v) is 10.8. The maximum absolute atomic E-state index is 16.4. The second-order valence-electron chi connectivity index (χ2n) is 10.8. The maximum atomic E-state index is 16.4. The summed E-state index contributed by atoms with van der Waals surface area (Å²) in [6, 6.07) is 19.5. The highest BCUT2D eigenvalue weighted by Gasteiger charge is 2.34. The molecular formula is C30H32FN5O. The Labute approximate surface area is 216 Å². The van der Waals surface area contributed by atoms with Crippen molar-refractivity contribution in [1.29, 1.82) is 0 Å². The number of benzene rings is 3. The standard InChI is InChI=1S/C30H32FN5O/c1-35-15-5-8-22(35)18-37-30-33-28-26(29(34-30)36-16-20-11-12-21(17-36)32-20)14-13-25(27(28)31)24-10-4-7-19-6-2-3-9-23(19)24/h2-4,6-7,9-10,13-14,20-22,32H,5,8,11-12,15-18H2,1H3/t20-,21+,22-/m0/s1. The highest BCUT2D eigenvalue weighted by atomic mass is 19.1. The lowest BCUT2D eigenvalue weighted by Crippen LogP contribution is -2.51. The number of nitrogens with one attached hydrogen (secondary N) is 1. The van der Waals surface area contributed by atoms with E-state index in [1.165, 1.54) is 19.3 Å². The van der Waals surface area contributed by atoms with Gasteiger partial charge >= 0.3 is 6.01 Å². The van der Waals surface area contributed by atoms with E-state index in [1.807, 2.05) is 42.5 Å². The molecule has 0 saturated carbocycles. The third kappa shape index (κ3) is 4.10. The smallest absolute Gasteiger partial charge is 0.319 e. The number of halogens is 1. The van der Waals surface area contributed by atoms with E-state index < -0.39 is 0 Å². The quantitative estimate of drug-likeness (QED) is 0.419. The van der Waals surface area contributed by atoms with Gasteiger partial charge in [0.15, 0.2) is 5.82 Å². The zero-order chi connectivity index (χ0) is 24.9. The molecule has 0 spiro atoms. The number of aromatic nitrogens is 2. The summed E-state index contributed by atoms with van der Waals surface area (Å²) in [5.74, 6) is 0.458. The van der Waals surface area contributed by atoms with Crippen molar-refractivity contribution < 1.29 is 9.13 Å². The summed E-state index contributed by atoms with van der Waals surface area (Å²) in [6.07, 6.45) is 4.60. The fourth-order valence-corrected chi connectivity index (χ4v) is 6.43. The topological polar surface area (TPSA) is 53.5 Å². The number of likely N-dealkylation sites (N-methyl/N-ethyl adjacent to an activating group) is 1. The van der Waals surface area contributed by atoms with Crippen LogP contribution < -0.4 is 15.0 Å². The fraction of sp³-hybridized carbons (Fsp3) is 0.400. The normalized spacial score (nSPS) is 23.8. The zero-order valence-electron chi connectivity index (χ0n) is 21.2. The first kappa shape index (κ1) is 22.9. The summed E-state index contributed by atoms with van der Waals surface area (Å²) in [5, 5.41) is 6.54. The van der Waals surface area contributed by atoms with Crippen molar-refractivity contribution >= 4 is 27.5 Å². The third-order valence-electron chi connectivity index (χ3n) is 8.44. The van der Waals surface area contributed by atoms with Gasteiger partial charge in [-0.1, -0.05) is 48.5 Å². The van der Waals surface area contributed by atoms with Crippen LogP contribution in [-0.4, -0.2) is 66.3 Å². The van der Waals surface area contributed by atoms with Crippen molar-refractivity contribution in [2.75, 3.05) is 38.2 Å². The van der Waals surface area contributed by atoms with Crippen LogP contribution in [0.4, 0.5) is 10.2 Å². The minimum atomic E-state index is -0.321. The van der Waals surface area contributed by atoms with E-state index in [0.717, 1.165) is 53.6 Å². The lowest BCUT2D eigenvalue weighted by Gasteiger charge is -2.34. The van der Waals surface area contributed by atoms with E-state index in [1.54, 1.807) is 0 Å². The predicted octanol–water partition coefficient (Wildman–Crippen LogP) is 5.00. The van der Waals surface area contributed by atoms with Crippen molar-refractivity contribution in [2.24, 2.45) is 0 Å². The van der Waals surface area contributed by atoms with Crippen molar-refractivity contribution in [2.45, 2.75) is 43.8 Å². The summed E-state index contributed by atoms with van der Waals surface area (Å²) in [6.45, 7) is 3.31. The van der Waals surface area contributed by atoms with Gasteiger partial charge in [0.25, 0.3) is 0 Å². The first-order valence-electron chi connectivity index (χ1n) is 13.5. The Hall–Kier alpha value is -3.29. The summed E-state index contributed by atoms with van der Waals surface area (Å²) in [5.41, 5.74) is 1.75. The van der Waals surface area contributed by atoms with Gasteiger partial charge in [0.05, 0.1) is 0 Å². The van der Waals surface area contributed by atoms with Crippen LogP contribution >= 0.6 is 0 Å². The number of likely N-dealkylation sites (tertiary alicyclic amines) is 1. The van der Waals surface area contributed by atoms with E-state index in [-0.39, 0.29) is 11.8 Å². The molecule has 7 heteroatoms. The van der Waals surface area contributed by atoms with E-state index in [9.17, 15) is 0 Å². The fourth-order valence-electron chi connectivity index (χ4n) is 6.43. The van der Waals surface area contributed by atoms with Gasteiger partial charge in [-0.2, -0.15) is 9.97 Å². The Morgan fingerprint density at radius 3 is 2.54 bits per heavy atom. The minimum Gasteiger partial charge on any atom is -0.462 e. The Morgan fingerprint density at radius 2 is 1.73 bits per heavy atom. The predicted molar refractivity (Wildman–Crippen MR) is 146 cm³/mol. The van der Waals surface area contributed by atoms with Gasteiger partial charge < -0.3 is 19.9 Å². The zero-order valence-corrected chi connectivity index (χ0v) is 21.2. The van der Waals surface area contributed by atoms with Crippen molar-refractivity contribution in [1.82, 2.24) is 20.2 Å². The Bertz CT molecular complexity index is 1460. The molecule has 3 aliphatic rings. The summed E-state index contributed by atoms with van der Waals surface area (Å²) >= 11 is 0. The molecule has 37 heavy (non-hydrogen) atoms. The Kier molecular flexibility index (Phi) is 5.70. The molecule has 0 amide bonds. The summed E-state index contributed by atoms with van der Waals surface area (Å²) < 4.78 is 22.6. The molecule has 1 N–H and O–H groups in total. The SMILES string of the molecule is CN1CCC[C@H]1COc1nc(N2C[C@H]3CC[C@@H](C2)N3)c2ccc(-c3cccc4ccccc34)c(F)c2n1. The first-order chi connectivity index (χ1) is 18.1. The molecule has 3 atom stereocenters. The van der Waals surface area contributed by atoms with Crippen LogP contribution in [0.25, 0.3) is 32.8 Å². The molecule has 3 aromatic carbocycles. The van der Waals surface area contributed by atoms with Gasteiger partial charge in [-0.25, -0.2) is 4.39 Å². The minimum absolute atomic E-state index is 0.266. The van der Waals surface area contributed by atoms with Crippen LogP contribution in [0.1, 0.15) is 25.7 Å². The number of rotatable bonds is 5. The molecule has 0 unspecified atom stereocenters. The van der Waals surface area contributed by atoms with Gasteiger partial charge in [0.1, 0.15) is 17.9 Å². The number of hydrogen-bond acceptors (Lipinski definition) is 6. The molecule has 4 heterocycles. The highest BCUT2D eigenvalue weighted by Crippen LogP contribution is 2.37. The molecule has 6 nitrogen and oxygen atoms in total. The number of anilines is 1. The van der Waals surface area contributed by atoms with E-state index in [2.05, 4.69) is 39.3 Å². The van der Waals surface area contributed by atoms with Crippen molar-refractivity contribution in [3.05, 3.63) is 60.4 Å². The van der Waals surface area contributed by atoms with E-state index in [0.29, 0.717) is 35.8 Å². The third-order valence-corrected chi connectivity index (χ3v) is 8.44. The number of fused-ring (bicyclic) bond motifs is 4. The van der Waals surface area contributed by atoms with Crippen LogP contribution in [0.3, 0.4) is 0 Å². The average molecular weight is 498 g/mol. The monoisotopic (exact) mass is 497 g/mol. The lowest BCUT2D eigenvalue weighted by atomic mass is 9.97. The summed E-state index contributed by atoms with van der Waals surface area (Å²) in [4.78, 5) is 14.2. The van der Waals surface area contributed by atoms with Gasteiger partial charge in [0, 0.05) is 42.2 Å². The van der Waals surface area contributed by atoms with E-state index >= 15 is 4.39 Å². The molecule has 0 radical (unpaired) electrons. The van der Waals surface area contributed by atoms with Crippen LogP contribution in [0.2, 0.25) is 0 Å². The second kappa shape index (κ2) is 9.23. The largest absolute Gasteiger partial charge is 0.462 e. The summed E-state index contributed by atoms with van der Waals surface area (Å²) in [7, 11) is 2.13. The molecule has 2 bridgehead atoms. The van der Waals surface area contributed by atoms with Gasteiger partial charge in [-0.15, -0.1) is 0 Å². The van der Waals surface area contributed by atoms with Gasteiger partial charge in [-0.3, -0.25) is 0 Å². The molecular weight excluding hydrogens is 465 g/mol. The molecule has 3 saturated heterocycles. The van der Waals surface area contributed by atoms with E-state index in [4.69, 9.17) is 9.72 Å². The number of piperazine rings is 1. The Morgan fingerprint density at radius 1 is 0.919 bits per heavy atom. The number of nitrogens with zero attached hydrogens (tertiary/aromatic N) is 4. The van der Waals surface area contributed by atoms with Crippen LogP contribution in [0.15, 0.2) is 54.6 Å².